The van der Waals surface area contributed by atoms with Crippen molar-refractivity contribution in [2.24, 2.45) is 0 Å². The molecule has 1 rings (SSSR count). The summed E-state index contributed by atoms with van der Waals surface area (Å²) in [6.45, 7) is 7.03. The molecule has 21 heavy (non-hydrogen) atoms. The Morgan fingerprint density at radius 3 is 2.62 bits per heavy atom. The predicted octanol–water partition coefficient (Wildman–Crippen LogP) is 4.08. The van der Waals surface area contributed by atoms with Crippen molar-refractivity contribution in [1.82, 2.24) is 5.32 Å². The third-order valence-electron chi connectivity index (χ3n) is 3.83. The summed E-state index contributed by atoms with van der Waals surface area (Å²) >= 11 is 0. The number of rotatable bonds is 9. The molecule has 0 heterocycles. The van der Waals surface area contributed by atoms with Gasteiger partial charge in [0, 0.05) is 13.2 Å². The van der Waals surface area contributed by atoms with Crippen LogP contribution in [0, 0.1) is 11.6 Å². The molecule has 0 fully saturated rings. The Kier molecular flexibility index (Phi) is 7.26. The summed E-state index contributed by atoms with van der Waals surface area (Å²) in [5, 5.41) is 3.42. The summed E-state index contributed by atoms with van der Waals surface area (Å²) in [6.07, 6.45) is 3.22. The van der Waals surface area contributed by atoms with Crippen molar-refractivity contribution < 1.29 is 13.5 Å². The van der Waals surface area contributed by atoms with Crippen LogP contribution in [0.3, 0.4) is 0 Å². The van der Waals surface area contributed by atoms with Crippen LogP contribution in [0.5, 0.6) is 0 Å². The highest BCUT2D eigenvalue weighted by Crippen LogP contribution is 2.20. The third-order valence-corrected chi connectivity index (χ3v) is 3.83. The van der Waals surface area contributed by atoms with E-state index in [9.17, 15) is 8.78 Å². The van der Waals surface area contributed by atoms with Gasteiger partial charge >= 0.3 is 0 Å². The van der Waals surface area contributed by atoms with Crippen LogP contribution in [0.1, 0.15) is 45.6 Å². The maximum Gasteiger partial charge on any atom is 0.162 e. The summed E-state index contributed by atoms with van der Waals surface area (Å²) in [7, 11) is 1.70. The average molecular weight is 299 g/mol. The van der Waals surface area contributed by atoms with Crippen molar-refractivity contribution in [2.45, 2.75) is 58.1 Å². The van der Waals surface area contributed by atoms with E-state index in [4.69, 9.17) is 4.74 Å². The number of nitrogens with one attached hydrogen (secondary N) is 1. The normalized spacial score (nSPS) is 13.4. The smallest absolute Gasteiger partial charge is 0.162 e. The zero-order valence-electron chi connectivity index (χ0n) is 13.5. The molecule has 0 aliphatic rings. The van der Waals surface area contributed by atoms with Crippen molar-refractivity contribution in [3.8, 4) is 0 Å². The van der Waals surface area contributed by atoms with Crippen LogP contribution in [0.15, 0.2) is 18.2 Å². The highest BCUT2D eigenvalue weighted by atomic mass is 19.2. The van der Waals surface area contributed by atoms with Crippen LogP contribution in [-0.2, 0) is 11.2 Å². The molecule has 0 bridgehead atoms. The number of halogens is 2. The molecular weight excluding hydrogens is 272 g/mol. The van der Waals surface area contributed by atoms with Crippen LogP contribution in [0.25, 0.3) is 0 Å². The zero-order valence-corrected chi connectivity index (χ0v) is 13.5. The van der Waals surface area contributed by atoms with Gasteiger partial charge in [-0.1, -0.05) is 19.1 Å². The number of hydrogen-bond donors (Lipinski definition) is 1. The minimum atomic E-state index is -0.779. The molecule has 0 saturated carbocycles. The van der Waals surface area contributed by atoms with E-state index in [1.807, 2.05) is 13.8 Å². The highest BCUT2D eigenvalue weighted by molar-refractivity contribution is 5.20. The number of benzene rings is 1. The van der Waals surface area contributed by atoms with E-state index in [-0.39, 0.29) is 11.6 Å². The Balaban J connectivity index is 2.71. The fourth-order valence-electron chi connectivity index (χ4n) is 2.22. The van der Waals surface area contributed by atoms with Gasteiger partial charge in [-0.2, -0.15) is 0 Å². The van der Waals surface area contributed by atoms with E-state index in [1.165, 1.54) is 0 Å². The summed E-state index contributed by atoms with van der Waals surface area (Å²) in [6, 6.07) is 4.49. The average Bonchev–Trinajstić information content (AvgIpc) is 2.46. The summed E-state index contributed by atoms with van der Waals surface area (Å²) in [5.41, 5.74) is 0.228. The van der Waals surface area contributed by atoms with Crippen molar-refractivity contribution in [3.63, 3.8) is 0 Å². The fourth-order valence-corrected chi connectivity index (χ4v) is 2.22. The molecule has 0 spiro atoms. The Labute approximate surface area is 126 Å². The molecule has 0 saturated heterocycles. The van der Waals surface area contributed by atoms with E-state index in [0.29, 0.717) is 12.0 Å². The molecule has 1 N–H and O–H groups in total. The van der Waals surface area contributed by atoms with Crippen molar-refractivity contribution in [3.05, 3.63) is 35.4 Å². The second kappa shape index (κ2) is 8.44. The standard InChI is InChI=1S/C17H27F2NO/c1-5-11-20-14(9-10-17(2,3)21-4)12-13-7-6-8-15(18)16(13)19/h6-8,14,20H,5,9-12H2,1-4H3. The Hall–Kier alpha value is -1.00. The lowest BCUT2D eigenvalue weighted by molar-refractivity contribution is 0.0117. The molecule has 1 aromatic carbocycles. The van der Waals surface area contributed by atoms with Crippen LogP contribution in [0.4, 0.5) is 8.78 Å². The lowest BCUT2D eigenvalue weighted by Gasteiger charge is -2.26. The highest BCUT2D eigenvalue weighted by Gasteiger charge is 2.20. The van der Waals surface area contributed by atoms with Gasteiger partial charge in [-0.05, 0) is 57.7 Å². The SMILES string of the molecule is CCCNC(CCC(C)(C)OC)Cc1cccc(F)c1F. The summed E-state index contributed by atoms with van der Waals surface area (Å²) in [5.74, 6) is -1.51. The lowest BCUT2D eigenvalue weighted by atomic mass is 9.95. The van der Waals surface area contributed by atoms with E-state index >= 15 is 0 Å². The van der Waals surface area contributed by atoms with Gasteiger partial charge in [0.1, 0.15) is 0 Å². The van der Waals surface area contributed by atoms with E-state index < -0.39 is 11.6 Å². The zero-order chi connectivity index (χ0) is 15.9. The Morgan fingerprint density at radius 2 is 2.00 bits per heavy atom. The van der Waals surface area contributed by atoms with E-state index in [1.54, 1.807) is 19.2 Å². The molecule has 2 nitrogen and oxygen atoms in total. The first kappa shape index (κ1) is 18.1. The predicted molar refractivity (Wildman–Crippen MR) is 82.5 cm³/mol. The first-order valence-corrected chi connectivity index (χ1v) is 7.61. The molecule has 0 aliphatic heterocycles. The molecule has 120 valence electrons. The van der Waals surface area contributed by atoms with Crippen molar-refractivity contribution in [1.29, 1.82) is 0 Å². The second-order valence-corrected chi connectivity index (χ2v) is 6.07. The monoisotopic (exact) mass is 299 g/mol. The van der Waals surface area contributed by atoms with Crippen molar-refractivity contribution >= 4 is 0 Å². The van der Waals surface area contributed by atoms with Gasteiger partial charge in [0.05, 0.1) is 5.60 Å². The van der Waals surface area contributed by atoms with Crippen LogP contribution >= 0.6 is 0 Å². The van der Waals surface area contributed by atoms with Gasteiger partial charge in [0.15, 0.2) is 11.6 Å². The number of methoxy groups -OCH3 is 1. The Morgan fingerprint density at radius 1 is 1.29 bits per heavy atom. The molecule has 1 atom stereocenters. The van der Waals surface area contributed by atoms with Gasteiger partial charge in [0.25, 0.3) is 0 Å². The topological polar surface area (TPSA) is 21.3 Å². The summed E-state index contributed by atoms with van der Waals surface area (Å²) < 4.78 is 32.5. The second-order valence-electron chi connectivity index (χ2n) is 6.07. The fraction of sp³-hybridized carbons (Fsp3) is 0.647. The van der Waals surface area contributed by atoms with E-state index in [2.05, 4.69) is 12.2 Å². The van der Waals surface area contributed by atoms with Gasteiger partial charge < -0.3 is 10.1 Å². The maximum absolute atomic E-state index is 13.8. The van der Waals surface area contributed by atoms with Gasteiger partial charge in [0.2, 0.25) is 0 Å². The third kappa shape index (κ3) is 6.10. The van der Waals surface area contributed by atoms with Crippen LogP contribution in [-0.4, -0.2) is 25.3 Å². The molecule has 0 amide bonds. The minimum absolute atomic E-state index is 0.121. The number of ether oxygens (including phenoxy) is 1. The number of hydrogen-bond acceptors (Lipinski definition) is 2. The summed E-state index contributed by atoms with van der Waals surface area (Å²) in [4.78, 5) is 0. The van der Waals surface area contributed by atoms with E-state index in [0.717, 1.165) is 31.9 Å². The van der Waals surface area contributed by atoms with Crippen molar-refractivity contribution in [2.75, 3.05) is 13.7 Å². The largest absolute Gasteiger partial charge is 0.379 e. The molecular formula is C17H27F2NO. The maximum atomic E-state index is 13.8. The first-order valence-electron chi connectivity index (χ1n) is 7.61. The molecule has 0 radical (unpaired) electrons. The van der Waals surface area contributed by atoms with Crippen LogP contribution < -0.4 is 5.32 Å². The molecule has 4 heteroatoms. The molecule has 1 unspecified atom stereocenters. The van der Waals surface area contributed by atoms with Gasteiger partial charge in [-0.25, -0.2) is 8.78 Å². The molecule has 0 aliphatic carbocycles. The Bertz CT molecular complexity index is 435. The molecule has 0 aromatic heterocycles. The van der Waals surface area contributed by atoms with Crippen LogP contribution in [0.2, 0.25) is 0 Å². The first-order chi connectivity index (χ1) is 9.89. The van der Waals surface area contributed by atoms with Gasteiger partial charge in [-0.15, -0.1) is 0 Å². The quantitative estimate of drug-likeness (QED) is 0.742. The van der Waals surface area contributed by atoms with Gasteiger partial charge in [-0.3, -0.25) is 0 Å². The lowest BCUT2D eigenvalue weighted by Crippen LogP contribution is -2.35. The molecule has 1 aromatic rings. The minimum Gasteiger partial charge on any atom is -0.379 e.